The summed E-state index contributed by atoms with van der Waals surface area (Å²) < 4.78 is 11.9. The second kappa shape index (κ2) is 5.55. The number of ether oxygens (including phenoxy) is 2. The minimum absolute atomic E-state index is 0.0300. The lowest BCUT2D eigenvalue weighted by Gasteiger charge is -2.33. The molecular weight excluding hydrogens is 250 g/mol. The highest BCUT2D eigenvalue weighted by Gasteiger charge is 2.31. The third-order valence-electron chi connectivity index (χ3n) is 3.65. The van der Waals surface area contributed by atoms with Gasteiger partial charge in [0.15, 0.2) is 6.10 Å². The second-order valence-electron chi connectivity index (χ2n) is 5.08. The fraction of sp³-hybridized carbons (Fsp3) is 0.294. The normalized spacial score (nSPS) is 20.9. The van der Waals surface area contributed by atoms with Crippen molar-refractivity contribution in [2.45, 2.75) is 19.1 Å². The van der Waals surface area contributed by atoms with Crippen LogP contribution in [0.2, 0.25) is 0 Å². The lowest BCUT2D eigenvalue weighted by molar-refractivity contribution is 0.0774. The van der Waals surface area contributed by atoms with E-state index in [2.05, 4.69) is 30.4 Å². The van der Waals surface area contributed by atoms with Crippen LogP contribution in [0.1, 0.15) is 17.2 Å². The van der Waals surface area contributed by atoms with E-state index in [1.54, 1.807) is 0 Å². The van der Waals surface area contributed by atoms with Crippen LogP contribution in [0.5, 0.6) is 11.5 Å². The maximum atomic E-state index is 6.08. The van der Waals surface area contributed by atoms with Gasteiger partial charge >= 0.3 is 0 Å². The molecule has 0 radical (unpaired) electrons. The Morgan fingerprint density at radius 1 is 1.10 bits per heavy atom. The molecule has 0 bridgehead atoms. The Kier molecular flexibility index (Phi) is 3.61. The summed E-state index contributed by atoms with van der Waals surface area (Å²) in [6, 6.07) is 16.4. The van der Waals surface area contributed by atoms with E-state index < -0.39 is 0 Å². The predicted octanol–water partition coefficient (Wildman–Crippen LogP) is 3.10. The van der Waals surface area contributed by atoms with Crippen molar-refractivity contribution in [2.24, 2.45) is 0 Å². The van der Waals surface area contributed by atoms with Crippen molar-refractivity contribution in [1.29, 1.82) is 0 Å². The van der Waals surface area contributed by atoms with Crippen molar-refractivity contribution in [1.82, 2.24) is 5.32 Å². The quantitative estimate of drug-likeness (QED) is 0.928. The first-order valence-corrected chi connectivity index (χ1v) is 6.90. The standard InChI is InChI=1S/C17H19NO2/c1-12-7-9-13(10-8-12)20-16-11-19-15-6-4-3-5-14(15)17(16)18-2/h3-10,16-18H,11H2,1-2H3. The Balaban J connectivity index is 1.82. The number of hydrogen-bond donors (Lipinski definition) is 1. The number of likely N-dealkylation sites (N-methyl/N-ethyl adjacent to an activating group) is 1. The monoisotopic (exact) mass is 269 g/mol. The summed E-state index contributed by atoms with van der Waals surface area (Å²) in [4.78, 5) is 0. The molecule has 3 rings (SSSR count). The average Bonchev–Trinajstić information content (AvgIpc) is 2.49. The van der Waals surface area contributed by atoms with Gasteiger partial charge in [-0.15, -0.1) is 0 Å². The largest absolute Gasteiger partial charge is 0.489 e. The van der Waals surface area contributed by atoms with Gasteiger partial charge in [-0.2, -0.15) is 0 Å². The molecule has 1 aliphatic rings. The maximum Gasteiger partial charge on any atom is 0.152 e. The first-order chi connectivity index (χ1) is 9.78. The summed E-state index contributed by atoms with van der Waals surface area (Å²) in [6.07, 6.45) is -0.0300. The highest BCUT2D eigenvalue weighted by molar-refractivity contribution is 5.39. The number of benzene rings is 2. The zero-order chi connectivity index (χ0) is 13.9. The molecule has 0 saturated carbocycles. The van der Waals surface area contributed by atoms with Crippen molar-refractivity contribution in [2.75, 3.05) is 13.7 Å². The average molecular weight is 269 g/mol. The van der Waals surface area contributed by atoms with E-state index in [1.165, 1.54) is 5.56 Å². The van der Waals surface area contributed by atoms with Crippen LogP contribution < -0.4 is 14.8 Å². The van der Waals surface area contributed by atoms with Crippen LogP contribution in [0.4, 0.5) is 0 Å². The first kappa shape index (κ1) is 13.0. The van der Waals surface area contributed by atoms with Gasteiger partial charge in [0.25, 0.3) is 0 Å². The zero-order valence-electron chi connectivity index (χ0n) is 11.8. The van der Waals surface area contributed by atoms with E-state index >= 15 is 0 Å². The van der Waals surface area contributed by atoms with Crippen molar-refractivity contribution in [3.8, 4) is 11.5 Å². The van der Waals surface area contributed by atoms with Gasteiger partial charge in [0.05, 0.1) is 6.04 Å². The molecule has 0 amide bonds. The molecule has 1 aliphatic heterocycles. The maximum absolute atomic E-state index is 6.08. The van der Waals surface area contributed by atoms with E-state index in [-0.39, 0.29) is 12.1 Å². The van der Waals surface area contributed by atoms with Gasteiger partial charge in [0, 0.05) is 5.56 Å². The van der Waals surface area contributed by atoms with Gasteiger partial charge in [-0.3, -0.25) is 0 Å². The molecule has 104 valence electrons. The molecule has 3 nitrogen and oxygen atoms in total. The number of fused-ring (bicyclic) bond motifs is 1. The number of para-hydroxylation sites is 1. The van der Waals surface area contributed by atoms with Crippen molar-refractivity contribution < 1.29 is 9.47 Å². The Bertz CT molecular complexity index is 580. The van der Waals surface area contributed by atoms with Crippen LogP contribution in [-0.2, 0) is 0 Å². The van der Waals surface area contributed by atoms with E-state index in [4.69, 9.17) is 9.47 Å². The van der Waals surface area contributed by atoms with Crippen LogP contribution >= 0.6 is 0 Å². The number of aryl methyl sites for hydroxylation is 1. The smallest absolute Gasteiger partial charge is 0.152 e. The zero-order valence-corrected chi connectivity index (χ0v) is 11.8. The van der Waals surface area contributed by atoms with E-state index in [9.17, 15) is 0 Å². The van der Waals surface area contributed by atoms with Crippen molar-refractivity contribution >= 4 is 0 Å². The van der Waals surface area contributed by atoms with Crippen LogP contribution in [0.3, 0.4) is 0 Å². The van der Waals surface area contributed by atoms with Gasteiger partial charge in [-0.1, -0.05) is 35.9 Å². The first-order valence-electron chi connectivity index (χ1n) is 6.90. The lowest BCUT2D eigenvalue weighted by Crippen LogP contribution is -2.41. The number of hydrogen-bond acceptors (Lipinski definition) is 3. The molecule has 2 aromatic rings. The Morgan fingerprint density at radius 3 is 2.60 bits per heavy atom. The summed E-state index contributed by atoms with van der Waals surface area (Å²) in [5.74, 6) is 1.82. The highest BCUT2D eigenvalue weighted by atomic mass is 16.5. The molecule has 20 heavy (non-hydrogen) atoms. The van der Waals surface area contributed by atoms with Gasteiger partial charge < -0.3 is 14.8 Å². The minimum Gasteiger partial charge on any atom is -0.489 e. The summed E-state index contributed by atoms with van der Waals surface area (Å²) in [5, 5.41) is 3.34. The van der Waals surface area contributed by atoms with Crippen molar-refractivity contribution in [3.63, 3.8) is 0 Å². The van der Waals surface area contributed by atoms with E-state index in [1.807, 2.05) is 37.4 Å². The number of nitrogens with one attached hydrogen (secondary N) is 1. The highest BCUT2D eigenvalue weighted by Crippen LogP contribution is 2.33. The molecule has 0 aromatic heterocycles. The molecule has 0 fully saturated rings. The Morgan fingerprint density at radius 2 is 1.85 bits per heavy atom. The molecule has 2 unspecified atom stereocenters. The topological polar surface area (TPSA) is 30.5 Å². The van der Waals surface area contributed by atoms with Crippen molar-refractivity contribution in [3.05, 3.63) is 59.7 Å². The molecule has 1 N–H and O–H groups in total. The molecular formula is C17H19NO2. The van der Waals surface area contributed by atoms with Gasteiger partial charge in [-0.05, 0) is 32.2 Å². The molecule has 2 atom stereocenters. The third kappa shape index (κ3) is 2.49. The molecule has 0 saturated heterocycles. The van der Waals surface area contributed by atoms with Gasteiger partial charge in [0.1, 0.15) is 18.1 Å². The minimum atomic E-state index is -0.0300. The van der Waals surface area contributed by atoms with Crippen LogP contribution in [0.25, 0.3) is 0 Å². The molecule has 0 spiro atoms. The van der Waals surface area contributed by atoms with Gasteiger partial charge in [0.2, 0.25) is 0 Å². The molecule has 3 heteroatoms. The summed E-state index contributed by atoms with van der Waals surface area (Å²) in [5.41, 5.74) is 2.38. The fourth-order valence-electron chi connectivity index (χ4n) is 2.57. The number of rotatable bonds is 3. The fourth-order valence-corrected chi connectivity index (χ4v) is 2.57. The second-order valence-corrected chi connectivity index (χ2v) is 5.08. The van der Waals surface area contributed by atoms with Crippen LogP contribution in [0.15, 0.2) is 48.5 Å². The predicted molar refractivity (Wildman–Crippen MR) is 79.3 cm³/mol. The summed E-state index contributed by atoms with van der Waals surface area (Å²) in [6.45, 7) is 2.62. The van der Waals surface area contributed by atoms with E-state index in [0.717, 1.165) is 17.1 Å². The van der Waals surface area contributed by atoms with E-state index in [0.29, 0.717) is 6.61 Å². The Labute approximate surface area is 119 Å². The van der Waals surface area contributed by atoms with Gasteiger partial charge in [-0.25, -0.2) is 0 Å². The lowest BCUT2D eigenvalue weighted by atomic mass is 9.98. The Hall–Kier alpha value is -2.00. The molecule has 1 heterocycles. The third-order valence-corrected chi connectivity index (χ3v) is 3.65. The van der Waals surface area contributed by atoms with Crippen LogP contribution in [-0.4, -0.2) is 19.8 Å². The molecule has 0 aliphatic carbocycles. The molecule has 2 aromatic carbocycles. The van der Waals surface area contributed by atoms with Crippen LogP contribution in [0, 0.1) is 6.92 Å². The summed E-state index contributed by atoms with van der Waals surface area (Å²) >= 11 is 0. The summed E-state index contributed by atoms with van der Waals surface area (Å²) in [7, 11) is 1.96. The SMILES string of the molecule is CNC1c2ccccc2OCC1Oc1ccc(C)cc1.